The van der Waals surface area contributed by atoms with Crippen molar-refractivity contribution in [3.05, 3.63) is 24.0 Å². The lowest BCUT2D eigenvalue weighted by molar-refractivity contribution is -0.141. The van der Waals surface area contributed by atoms with E-state index >= 15 is 0 Å². The summed E-state index contributed by atoms with van der Waals surface area (Å²) in [5, 5.41) is 9.61. The van der Waals surface area contributed by atoms with E-state index in [1.807, 2.05) is 13.8 Å². The zero-order valence-corrected chi connectivity index (χ0v) is 7.91. The molecule has 1 aliphatic rings. The molecular formula is C10H14O3. The Morgan fingerprint density at radius 1 is 1.69 bits per heavy atom. The highest BCUT2D eigenvalue weighted by atomic mass is 16.6. The fourth-order valence-electron chi connectivity index (χ4n) is 1.30. The fraction of sp³-hybridized carbons (Fsp3) is 0.500. The third-order valence-electron chi connectivity index (χ3n) is 2.01. The van der Waals surface area contributed by atoms with Gasteiger partial charge in [0.05, 0.1) is 5.57 Å². The van der Waals surface area contributed by atoms with Crippen molar-refractivity contribution in [1.29, 1.82) is 0 Å². The zero-order chi connectivity index (χ0) is 10.0. The molecule has 72 valence electrons. The molecule has 0 unspecified atom stereocenters. The monoisotopic (exact) mass is 182 g/mol. The van der Waals surface area contributed by atoms with Crippen LogP contribution in [-0.2, 0) is 9.53 Å². The lowest BCUT2D eigenvalue weighted by Crippen LogP contribution is -2.18. The largest absolute Gasteiger partial charge is 0.508 e. The molecule has 13 heavy (non-hydrogen) atoms. The lowest BCUT2D eigenvalue weighted by atomic mass is 10.0. The van der Waals surface area contributed by atoms with Crippen LogP contribution < -0.4 is 0 Å². The third-order valence-corrected chi connectivity index (χ3v) is 2.01. The Kier molecular flexibility index (Phi) is 2.76. The van der Waals surface area contributed by atoms with Gasteiger partial charge in [0.1, 0.15) is 5.76 Å². The predicted octanol–water partition coefficient (Wildman–Crippen LogP) is 1.96. The van der Waals surface area contributed by atoms with E-state index in [2.05, 4.69) is 6.58 Å². The van der Waals surface area contributed by atoms with Gasteiger partial charge < -0.3 is 9.84 Å². The molecule has 1 aliphatic heterocycles. The molecule has 0 saturated carbocycles. The molecular weight excluding hydrogens is 168 g/mol. The number of aliphatic hydroxyl groups is 1. The van der Waals surface area contributed by atoms with Crippen molar-refractivity contribution in [2.75, 3.05) is 0 Å². The number of hydrogen-bond donors (Lipinski definition) is 1. The number of esters is 1. The summed E-state index contributed by atoms with van der Waals surface area (Å²) in [6, 6.07) is 0. The van der Waals surface area contributed by atoms with Crippen LogP contribution in [0.4, 0.5) is 0 Å². The van der Waals surface area contributed by atoms with E-state index in [1.165, 1.54) is 0 Å². The molecule has 0 bridgehead atoms. The molecule has 0 amide bonds. The van der Waals surface area contributed by atoms with Gasteiger partial charge in [-0.25, -0.2) is 4.79 Å². The second-order valence-electron chi connectivity index (χ2n) is 3.43. The van der Waals surface area contributed by atoms with Gasteiger partial charge in [0.25, 0.3) is 0 Å². The topological polar surface area (TPSA) is 46.5 Å². The van der Waals surface area contributed by atoms with Crippen LogP contribution in [0.15, 0.2) is 24.0 Å². The number of rotatable bonds is 3. The highest BCUT2D eigenvalue weighted by molar-refractivity contribution is 5.92. The summed E-state index contributed by atoms with van der Waals surface area (Å²) in [4.78, 5) is 11.2. The van der Waals surface area contributed by atoms with Crippen molar-refractivity contribution in [1.82, 2.24) is 0 Å². The molecule has 1 rings (SSSR count). The normalized spacial score (nSPS) is 22.4. The molecule has 1 N–H and O–H groups in total. The maximum Gasteiger partial charge on any atom is 0.338 e. The maximum atomic E-state index is 11.2. The van der Waals surface area contributed by atoms with Gasteiger partial charge in [-0.15, -0.1) is 6.58 Å². The first-order valence-electron chi connectivity index (χ1n) is 4.31. The van der Waals surface area contributed by atoms with Crippen LogP contribution in [0.25, 0.3) is 0 Å². The summed E-state index contributed by atoms with van der Waals surface area (Å²) < 4.78 is 4.99. The van der Waals surface area contributed by atoms with Gasteiger partial charge >= 0.3 is 5.97 Å². The van der Waals surface area contributed by atoms with Crippen LogP contribution in [0.2, 0.25) is 0 Å². The van der Waals surface area contributed by atoms with Gasteiger partial charge in [-0.05, 0) is 5.92 Å². The second kappa shape index (κ2) is 3.64. The van der Waals surface area contributed by atoms with E-state index in [1.54, 1.807) is 6.08 Å². The lowest BCUT2D eigenvalue weighted by Gasteiger charge is -2.13. The van der Waals surface area contributed by atoms with Crippen LogP contribution in [0.3, 0.4) is 0 Å². The van der Waals surface area contributed by atoms with Gasteiger partial charge in [-0.3, -0.25) is 0 Å². The Balaban J connectivity index is 2.89. The van der Waals surface area contributed by atoms with Crippen molar-refractivity contribution < 1.29 is 14.6 Å². The Morgan fingerprint density at radius 2 is 2.31 bits per heavy atom. The van der Waals surface area contributed by atoms with E-state index in [4.69, 9.17) is 4.74 Å². The molecule has 0 radical (unpaired) electrons. The number of carbonyl (C=O) groups is 1. The number of allylic oxidation sites excluding steroid dienone is 1. The number of cyclic esters (lactones) is 1. The fourth-order valence-corrected chi connectivity index (χ4v) is 1.30. The van der Waals surface area contributed by atoms with Crippen molar-refractivity contribution >= 4 is 5.97 Å². The standard InChI is InChI=1S/C10H14O3/c1-4-5-7-8(11)9(6(2)3)13-10(7)12/h4,6,9,11H,1,5H2,2-3H3/t9-/m1/s1. The molecule has 3 nitrogen and oxygen atoms in total. The maximum absolute atomic E-state index is 11.2. The van der Waals surface area contributed by atoms with Crippen molar-refractivity contribution in [2.24, 2.45) is 5.92 Å². The van der Waals surface area contributed by atoms with Gasteiger partial charge in [-0.1, -0.05) is 19.9 Å². The molecule has 0 spiro atoms. The summed E-state index contributed by atoms with van der Waals surface area (Å²) in [5.41, 5.74) is 0.341. The van der Waals surface area contributed by atoms with Gasteiger partial charge in [0.15, 0.2) is 6.10 Å². The molecule has 1 atom stereocenters. The van der Waals surface area contributed by atoms with Crippen molar-refractivity contribution in [3.8, 4) is 0 Å². The zero-order valence-electron chi connectivity index (χ0n) is 7.91. The minimum Gasteiger partial charge on any atom is -0.508 e. The van der Waals surface area contributed by atoms with E-state index in [9.17, 15) is 9.90 Å². The summed E-state index contributed by atoms with van der Waals surface area (Å²) in [7, 11) is 0. The number of hydrogen-bond acceptors (Lipinski definition) is 3. The van der Waals surface area contributed by atoms with Crippen molar-refractivity contribution in [2.45, 2.75) is 26.4 Å². The first kappa shape index (κ1) is 9.84. The summed E-state index contributed by atoms with van der Waals surface area (Å²) >= 11 is 0. The van der Waals surface area contributed by atoms with Crippen LogP contribution in [0.1, 0.15) is 20.3 Å². The number of ether oxygens (including phenoxy) is 1. The summed E-state index contributed by atoms with van der Waals surface area (Å²) in [6.45, 7) is 7.30. The Hall–Kier alpha value is -1.25. The molecule has 0 aromatic rings. The van der Waals surface area contributed by atoms with Gasteiger partial charge in [-0.2, -0.15) is 0 Å². The highest BCUT2D eigenvalue weighted by Gasteiger charge is 2.34. The SMILES string of the molecule is C=CCC1=C(O)[C@@H](C(C)C)OC1=O. The smallest absolute Gasteiger partial charge is 0.338 e. The molecule has 3 heteroatoms. The van der Waals surface area contributed by atoms with E-state index in [0.717, 1.165) is 0 Å². The molecule has 0 saturated heterocycles. The van der Waals surface area contributed by atoms with Crippen LogP contribution in [0, 0.1) is 5.92 Å². The average molecular weight is 182 g/mol. The molecule has 0 fully saturated rings. The quantitative estimate of drug-likeness (QED) is 0.536. The first-order valence-corrected chi connectivity index (χ1v) is 4.31. The van der Waals surface area contributed by atoms with E-state index < -0.39 is 12.1 Å². The molecule has 1 heterocycles. The Labute approximate surface area is 77.7 Å². The molecule has 0 aliphatic carbocycles. The third kappa shape index (κ3) is 1.74. The van der Waals surface area contributed by atoms with Crippen LogP contribution in [-0.4, -0.2) is 17.2 Å². The second-order valence-corrected chi connectivity index (χ2v) is 3.43. The predicted molar refractivity (Wildman–Crippen MR) is 49.2 cm³/mol. The average Bonchev–Trinajstić information content (AvgIpc) is 2.32. The Morgan fingerprint density at radius 3 is 2.69 bits per heavy atom. The summed E-state index contributed by atoms with van der Waals surface area (Å²) in [6.07, 6.45) is 1.48. The first-order chi connectivity index (χ1) is 6.07. The minimum absolute atomic E-state index is 0.0694. The van der Waals surface area contributed by atoms with E-state index in [-0.39, 0.29) is 11.7 Å². The van der Waals surface area contributed by atoms with Crippen molar-refractivity contribution in [3.63, 3.8) is 0 Å². The van der Waals surface area contributed by atoms with Crippen LogP contribution in [0.5, 0.6) is 0 Å². The van der Waals surface area contributed by atoms with Gasteiger partial charge in [0.2, 0.25) is 0 Å². The summed E-state index contributed by atoms with van der Waals surface area (Å²) in [5.74, 6) is -0.248. The van der Waals surface area contributed by atoms with E-state index in [0.29, 0.717) is 12.0 Å². The number of carbonyl (C=O) groups excluding carboxylic acids is 1. The van der Waals surface area contributed by atoms with Crippen LogP contribution >= 0.6 is 0 Å². The molecule has 0 aromatic heterocycles. The number of aliphatic hydroxyl groups excluding tert-OH is 1. The molecule has 0 aromatic carbocycles. The highest BCUT2D eigenvalue weighted by Crippen LogP contribution is 2.27. The minimum atomic E-state index is -0.470. The van der Waals surface area contributed by atoms with Gasteiger partial charge in [0, 0.05) is 6.42 Å². The Bertz CT molecular complexity index is 263.